The molecule has 5 nitrogen and oxygen atoms in total. The Hall–Kier alpha value is -0.460. The molecule has 0 bridgehead atoms. The lowest BCUT2D eigenvalue weighted by Crippen LogP contribution is -2.35. The third kappa shape index (κ3) is 4.33. The summed E-state index contributed by atoms with van der Waals surface area (Å²) in [6.07, 6.45) is 7.88. The number of hydrogen-bond acceptors (Lipinski definition) is 4. The fraction of sp³-hybridized carbons (Fsp3) is 0.917. The van der Waals surface area contributed by atoms with E-state index in [4.69, 9.17) is 4.84 Å². The summed E-state index contributed by atoms with van der Waals surface area (Å²) < 4.78 is 22.9. The molecular weight excluding hydrogens is 252 g/mol. The zero-order valence-corrected chi connectivity index (χ0v) is 11.5. The minimum absolute atomic E-state index is 0.529. The van der Waals surface area contributed by atoms with Gasteiger partial charge in [-0.05, 0) is 18.8 Å². The van der Waals surface area contributed by atoms with E-state index in [1.165, 1.54) is 36.4 Å². The van der Waals surface area contributed by atoms with E-state index in [9.17, 15) is 8.76 Å². The summed E-state index contributed by atoms with van der Waals surface area (Å²) in [5.74, 6) is 0.664. The third-order valence-corrected chi connectivity index (χ3v) is 4.53. The number of hydrogen-bond donors (Lipinski definition) is 0. The van der Waals surface area contributed by atoms with Crippen molar-refractivity contribution in [2.45, 2.75) is 44.9 Å². The Morgan fingerprint density at radius 2 is 1.94 bits per heavy atom. The number of rotatable bonds is 4. The first-order chi connectivity index (χ1) is 8.75. The van der Waals surface area contributed by atoms with Crippen LogP contribution < -0.4 is 0 Å². The van der Waals surface area contributed by atoms with Gasteiger partial charge in [-0.15, -0.1) is 0 Å². The second-order valence-corrected chi connectivity index (χ2v) is 6.05. The first kappa shape index (κ1) is 14.0. The predicted octanol–water partition coefficient (Wildman–Crippen LogP) is 1.83. The van der Waals surface area contributed by atoms with Gasteiger partial charge in [0.2, 0.25) is 0 Å². The third-order valence-electron chi connectivity index (χ3n) is 3.74. The van der Waals surface area contributed by atoms with Gasteiger partial charge in [0.1, 0.15) is 6.61 Å². The topological polar surface area (TPSA) is 65.0 Å². The van der Waals surface area contributed by atoms with Gasteiger partial charge in [0.05, 0.1) is 5.71 Å². The molecule has 1 saturated heterocycles. The first-order valence-corrected chi connectivity index (χ1v) is 7.81. The van der Waals surface area contributed by atoms with Crippen molar-refractivity contribution in [3.8, 4) is 0 Å². The second kappa shape index (κ2) is 7.21. The fourth-order valence-corrected chi connectivity index (χ4v) is 3.05. The van der Waals surface area contributed by atoms with Crippen molar-refractivity contribution in [3.63, 3.8) is 0 Å². The summed E-state index contributed by atoms with van der Waals surface area (Å²) in [4.78, 5) is 5.42. The van der Waals surface area contributed by atoms with Gasteiger partial charge in [-0.25, -0.2) is 4.31 Å². The van der Waals surface area contributed by atoms with E-state index in [-0.39, 0.29) is 0 Å². The van der Waals surface area contributed by atoms with Crippen molar-refractivity contribution in [2.24, 2.45) is 11.1 Å². The summed E-state index contributed by atoms with van der Waals surface area (Å²) >= 11 is -2.09. The largest absolute Gasteiger partial charge is 0.760 e. The molecule has 1 aliphatic heterocycles. The lowest BCUT2D eigenvalue weighted by molar-refractivity contribution is 0.0901. The van der Waals surface area contributed by atoms with E-state index in [0.29, 0.717) is 31.8 Å². The summed E-state index contributed by atoms with van der Waals surface area (Å²) in [6.45, 7) is 1.78. The molecule has 6 heteroatoms. The molecule has 0 aromatic heterocycles. The lowest BCUT2D eigenvalue weighted by atomic mass is 9.90. The van der Waals surface area contributed by atoms with Crippen LogP contribution in [0.3, 0.4) is 0 Å². The summed E-state index contributed by atoms with van der Waals surface area (Å²) in [5, 5.41) is 4.16. The Morgan fingerprint density at radius 3 is 2.56 bits per heavy atom. The molecule has 0 radical (unpaired) electrons. The normalized spacial score (nSPS) is 24.8. The van der Waals surface area contributed by atoms with Crippen molar-refractivity contribution in [1.29, 1.82) is 0 Å². The maximum absolute atomic E-state index is 10.7. The molecule has 104 valence electrons. The fourth-order valence-electron chi connectivity index (χ4n) is 2.57. The Bertz CT molecular complexity index is 306. The van der Waals surface area contributed by atoms with Crippen LogP contribution in [0.1, 0.15) is 44.9 Å². The molecule has 0 amide bonds. The van der Waals surface area contributed by atoms with Crippen LogP contribution in [0.15, 0.2) is 5.16 Å². The van der Waals surface area contributed by atoms with Crippen molar-refractivity contribution in [3.05, 3.63) is 0 Å². The molecule has 18 heavy (non-hydrogen) atoms. The zero-order valence-electron chi connectivity index (χ0n) is 10.7. The highest BCUT2D eigenvalue weighted by Crippen LogP contribution is 2.23. The van der Waals surface area contributed by atoms with Crippen LogP contribution in [0.5, 0.6) is 0 Å². The SMILES string of the molecule is O=S([O-])N1CCC(=NOCC2CCCCC2)CC1. The van der Waals surface area contributed by atoms with Crippen LogP contribution in [0.25, 0.3) is 0 Å². The minimum Gasteiger partial charge on any atom is -0.760 e. The Morgan fingerprint density at radius 1 is 1.28 bits per heavy atom. The molecule has 2 rings (SSSR count). The van der Waals surface area contributed by atoms with Crippen LogP contribution in [-0.2, 0) is 16.1 Å². The van der Waals surface area contributed by atoms with Crippen molar-refractivity contribution >= 4 is 17.0 Å². The highest BCUT2D eigenvalue weighted by molar-refractivity contribution is 7.76. The van der Waals surface area contributed by atoms with Crippen LogP contribution in [0, 0.1) is 5.92 Å². The number of oxime groups is 1. The van der Waals surface area contributed by atoms with Crippen LogP contribution in [-0.4, -0.2) is 38.5 Å². The highest BCUT2D eigenvalue weighted by atomic mass is 32.2. The number of nitrogens with zero attached hydrogens (tertiary/aromatic N) is 2. The summed E-state index contributed by atoms with van der Waals surface area (Å²) in [6, 6.07) is 0. The van der Waals surface area contributed by atoms with E-state index >= 15 is 0 Å². The van der Waals surface area contributed by atoms with Crippen LogP contribution in [0.2, 0.25) is 0 Å². The Labute approximate surface area is 111 Å². The van der Waals surface area contributed by atoms with E-state index in [1.807, 2.05) is 0 Å². The van der Waals surface area contributed by atoms with E-state index < -0.39 is 11.3 Å². The van der Waals surface area contributed by atoms with Gasteiger partial charge >= 0.3 is 0 Å². The van der Waals surface area contributed by atoms with E-state index in [0.717, 1.165) is 12.3 Å². The van der Waals surface area contributed by atoms with Crippen molar-refractivity contribution in [2.75, 3.05) is 19.7 Å². The van der Waals surface area contributed by atoms with Gasteiger partial charge in [-0.3, -0.25) is 4.21 Å². The molecule has 0 spiro atoms. The maximum atomic E-state index is 10.7. The van der Waals surface area contributed by atoms with Gasteiger partial charge in [0.25, 0.3) is 0 Å². The maximum Gasteiger partial charge on any atom is 0.120 e. The average Bonchev–Trinajstić information content (AvgIpc) is 2.40. The molecule has 0 N–H and O–H groups in total. The Balaban J connectivity index is 1.66. The van der Waals surface area contributed by atoms with Gasteiger partial charge in [0.15, 0.2) is 0 Å². The van der Waals surface area contributed by atoms with Crippen molar-refractivity contribution in [1.82, 2.24) is 4.31 Å². The molecule has 1 heterocycles. The second-order valence-electron chi connectivity index (χ2n) is 5.10. The molecular formula is C12H21N2O3S-. The molecule has 2 fully saturated rings. The van der Waals surface area contributed by atoms with Gasteiger partial charge in [0, 0.05) is 37.2 Å². The molecule has 0 aromatic carbocycles. The Kier molecular flexibility index (Phi) is 5.59. The van der Waals surface area contributed by atoms with Crippen molar-refractivity contribution < 1.29 is 13.6 Å². The standard InChI is InChI=1S/C12H22N2O3S/c15-18(16)14-8-6-12(7-9-14)13-17-10-11-4-2-1-3-5-11/h11H,1-10H2,(H,15,16)/p-1. The predicted molar refractivity (Wildman–Crippen MR) is 69.7 cm³/mol. The smallest absolute Gasteiger partial charge is 0.120 e. The molecule has 1 unspecified atom stereocenters. The summed E-state index contributed by atoms with van der Waals surface area (Å²) in [5.41, 5.74) is 0.993. The average molecular weight is 273 g/mol. The van der Waals surface area contributed by atoms with Gasteiger partial charge in [-0.1, -0.05) is 24.4 Å². The van der Waals surface area contributed by atoms with Crippen LogP contribution in [0.4, 0.5) is 0 Å². The monoisotopic (exact) mass is 273 g/mol. The molecule has 1 aliphatic carbocycles. The number of piperidine rings is 1. The quantitative estimate of drug-likeness (QED) is 0.580. The van der Waals surface area contributed by atoms with Crippen LogP contribution >= 0.6 is 0 Å². The zero-order chi connectivity index (χ0) is 12.8. The molecule has 0 aromatic rings. The molecule has 2 aliphatic rings. The molecule has 1 saturated carbocycles. The first-order valence-electron chi connectivity index (χ1n) is 6.78. The van der Waals surface area contributed by atoms with Gasteiger partial charge in [-0.2, -0.15) is 0 Å². The van der Waals surface area contributed by atoms with E-state index in [2.05, 4.69) is 5.16 Å². The van der Waals surface area contributed by atoms with E-state index in [1.54, 1.807) is 0 Å². The summed E-state index contributed by atoms with van der Waals surface area (Å²) in [7, 11) is 0. The van der Waals surface area contributed by atoms with Gasteiger partial charge < -0.3 is 9.39 Å². The molecule has 1 atom stereocenters. The highest BCUT2D eigenvalue weighted by Gasteiger charge is 2.17. The lowest BCUT2D eigenvalue weighted by Gasteiger charge is -2.28. The minimum atomic E-state index is -2.09.